The van der Waals surface area contributed by atoms with Crippen LogP contribution in [0.25, 0.3) is 0 Å². The van der Waals surface area contributed by atoms with Crippen LogP contribution < -0.4 is 16.0 Å². The van der Waals surface area contributed by atoms with Crippen LogP contribution in [0.1, 0.15) is 20.8 Å². The van der Waals surface area contributed by atoms with Crippen LogP contribution >= 0.6 is 0 Å². The summed E-state index contributed by atoms with van der Waals surface area (Å²) in [5.74, 6) is -0.771. The highest BCUT2D eigenvalue weighted by Crippen LogP contribution is 2.24. The van der Waals surface area contributed by atoms with E-state index in [9.17, 15) is 22.8 Å². The number of ether oxygens (including phenoxy) is 1. The first-order chi connectivity index (χ1) is 13.9. The van der Waals surface area contributed by atoms with E-state index in [1.807, 2.05) is 0 Å². The maximum absolute atomic E-state index is 13.1. The maximum Gasteiger partial charge on any atom is 0.401 e. The van der Waals surface area contributed by atoms with Crippen LogP contribution in [-0.2, 0) is 14.3 Å². The number of carbonyl (C=O) groups is 2. The summed E-state index contributed by atoms with van der Waals surface area (Å²) in [5.41, 5.74) is 6.29. The topological polar surface area (TPSA) is 87.9 Å². The fourth-order valence-corrected chi connectivity index (χ4v) is 3.28. The highest BCUT2D eigenvalue weighted by molar-refractivity contribution is 5.97. The number of benzene rings is 1. The smallest absolute Gasteiger partial charge is 0.370 e. The number of morpholine rings is 1. The number of alkyl halides is 3. The molecular formula is C20H29F3N4O3. The fourth-order valence-electron chi connectivity index (χ4n) is 3.28. The van der Waals surface area contributed by atoms with Gasteiger partial charge in [0.1, 0.15) is 12.6 Å². The summed E-state index contributed by atoms with van der Waals surface area (Å²) in [5, 5.41) is 2.63. The Hall–Kier alpha value is -2.17. The summed E-state index contributed by atoms with van der Waals surface area (Å²) in [4.78, 5) is 27.3. The molecular weight excluding hydrogens is 401 g/mol. The third-order valence-electron chi connectivity index (χ3n) is 4.46. The Morgan fingerprint density at radius 3 is 2.37 bits per heavy atom. The summed E-state index contributed by atoms with van der Waals surface area (Å²) in [6.07, 6.45) is -4.45. The molecule has 0 radical (unpaired) electrons. The van der Waals surface area contributed by atoms with Crippen LogP contribution in [0.15, 0.2) is 24.3 Å². The molecule has 1 aliphatic heterocycles. The van der Waals surface area contributed by atoms with Gasteiger partial charge < -0.3 is 20.7 Å². The van der Waals surface area contributed by atoms with Crippen molar-refractivity contribution in [2.24, 2.45) is 11.1 Å². The molecule has 1 aliphatic rings. The second-order valence-corrected chi connectivity index (χ2v) is 8.47. The Morgan fingerprint density at radius 2 is 1.87 bits per heavy atom. The van der Waals surface area contributed by atoms with E-state index in [1.54, 1.807) is 49.9 Å². The maximum atomic E-state index is 13.1. The van der Waals surface area contributed by atoms with Crippen LogP contribution in [0, 0.1) is 5.41 Å². The van der Waals surface area contributed by atoms with Crippen molar-refractivity contribution in [1.29, 1.82) is 0 Å². The third kappa shape index (κ3) is 7.26. The molecule has 0 aliphatic carbocycles. The monoisotopic (exact) mass is 430 g/mol. The van der Waals surface area contributed by atoms with Gasteiger partial charge >= 0.3 is 6.18 Å². The number of rotatable bonds is 7. The molecule has 1 aromatic carbocycles. The van der Waals surface area contributed by atoms with E-state index in [-0.39, 0.29) is 25.6 Å². The molecule has 0 bridgehead atoms. The zero-order valence-corrected chi connectivity index (χ0v) is 17.5. The van der Waals surface area contributed by atoms with E-state index in [2.05, 4.69) is 5.32 Å². The minimum Gasteiger partial charge on any atom is -0.370 e. The minimum absolute atomic E-state index is 0.0134. The lowest BCUT2D eigenvalue weighted by atomic mass is 9.95. The van der Waals surface area contributed by atoms with Crippen molar-refractivity contribution in [3.8, 4) is 0 Å². The van der Waals surface area contributed by atoms with E-state index in [0.29, 0.717) is 24.5 Å². The number of nitrogens with two attached hydrogens (primary N) is 1. The largest absolute Gasteiger partial charge is 0.401 e. The van der Waals surface area contributed by atoms with Crippen LogP contribution in [0.5, 0.6) is 0 Å². The SMILES string of the molecule is CC(C)(C)CN(CC(F)(F)F)[C@@H](CN)C(=O)Nc1ccc(N2CCOCC2=O)cc1. The van der Waals surface area contributed by atoms with Gasteiger partial charge in [0.05, 0.1) is 13.2 Å². The molecule has 1 heterocycles. The molecule has 0 saturated carbocycles. The third-order valence-corrected chi connectivity index (χ3v) is 4.46. The van der Waals surface area contributed by atoms with Gasteiger partial charge in [-0.25, -0.2) is 0 Å². The van der Waals surface area contributed by atoms with Crippen molar-refractivity contribution < 1.29 is 27.5 Å². The van der Waals surface area contributed by atoms with Gasteiger partial charge in [-0.2, -0.15) is 13.2 Å². The zero-order valence-electron chi connectivity index (χ0n) is 17.5. The lowest BCUT2D eigenvalue weighted by Crippen LogP contribution is -2.54. The zero-order chi connectivity index (χ0) is 22.5. The number of hydrogen-bond acceptors (Lipinski definition) is 5. The van der Waals surface area contributed by atoms with Gasteiger partial charge in [-0.1, -0.05) is 20.8 Å². The van der Waals surface area contributed by atoms with Crippen molar-refractivity contribution in [2.45, 2.75) is 33.0 Å². The van der Waals surface area contributed by atoms with Crippen molar-refractivity contribution in [3.63, 3.8) is 0 Å². The van der Waals surface area contributed by atoms with Gasteiger partial charge in [-0.15, -0.1) is 0 Å². The molecule has 168 valence electrons. The second kappa shape index (κ2) is 9.76. The standard InChI is InChI=1S/C20H29F3N4O3/c1-19(2,3)12-26(13-20(21,22)23)16(10-24)18(29)25-14-4-6-15(7-5-14)27-8-9-30-11-17(27)28/h4-7,16H,8-13,24H2,1-3H3,(H,25,29)/t16-/m0/s1. The number of carbonyl (C=O) groups excluding carboxylic acids is 2. The van der Waals surface area contributed by atoms with E-state index >= 15 is 0 Å². The predicted molar refractivity (Wildman–Crippen MR) is 108 cm³/mol. The molecule has 10 heteroatoms. The molecule has 1 fully saturated rings. The minimum atomic E-state index is -4.45. The Kier molecular flexibility index (Phi) is 7.84. The van der Waals surface area contributed by atoms with Crippen molar-refractivity contribution >= 4 is 23.2 Å². The molecule has 7 nitrogen and oxygen atoms in total. The second-order valence-electron chi connectivity index (χ2n) is 8.47. The van der Waals surface area contributed by atoms with Crippen molar-refractivity contribution in [2.75, 3.05) is 49.6 Å². The van der Waals surface area contributed by atoms with E-state index < -0.39 is 30.1 Å². The lowest BCUT2D eigenvalue weighted by Gasteiger charge is -2.35. The van der Waals surface area contributed by atoms with Crippen LogP contribution in [0.4, 0.5) is 24.5 Å². The predicted octanol–water partition coefficient (Wildman–Crippen LogP) is 2.23. The molecule has 0 spiro atoms. The molecule has 1 saturated heterocycles. The Balaban J connectivity index is 2.11. The summed E-state index contributed by atoms with van der Waals surface area (Å²) >= 11 is 0. The number of anilines is 2. The fraction of sp³-hybridized carbons (Fsp3) is 0.600. The molecule has 3 N–H and O–H groups in total. The molecule has 0 unspecified atom stereocenters. The molecule has 1 aromatic rings. The number of halogens is 3. The van der Waals surface area contributed by atoms with Gasteiger partial charge in [0, 0.05) is 31.0 Å². The number of nitrogens with one attached hydrogen (secondary N) is 1. The van der Waals surface area contributed by atoms with Crippen LogP contribution in [0.3, 0.4) is 0 Å². The molecule has 2 rings (SSSR count). The molecule has 2 amide bonds. The van der Waals surface area contributed by atoms with Gasteiger partial charge in [0.2, 0.25) is 5.91 Å². The van der Waals surface area contributed by atoms with Crippen molar-refractivity contribution in [3.05, 3.63) is 24.3 Å². The average Bonchev–Trinajstić information content (AvgIpc) is 2.61. The summed E-state index contributed by atoms with van der Waals surface area (Å²) < 4.78 is 44.3. The summed E-state index contributed by atoms with van der Waals surface area (Å²) in [6, 6.07) is 5.40. The van der Waals surface area contributed by atoms with Crippen LogP contribution in [0.2, 0.25) is 0 Å². The first-order valence-corrected chi connectivity index (χ1v) is 9.69. The Bertz CT molecular complexity index is 716. The van der Waals surface area contributed by atoms with Gasteiger partial charge in [0.15, 0.2) is 0 Å². The average molecular weight is 430 g/mol. The molecule has 30 heavy (non-hydrogen) atoms. The number of amides is 2. The van der Waals surface area contributed by atoms with E-state index in [0.717, 1.165) is 4.90 Å². The first-order valence-electron chi connectivity index (χ1n) is 9.69. The highest BCUT2D eigenvalue weighted by atomic mass is 19.4. The Morgan fingerprint density at radius 1 is 1.23 bits per heavy atom. The lowest BCUT2D eigenvalue weighted by molar-refractivity contribution is -0.156. The molecule has 1 atom stereocenters. The Labute approximate surface area is 174 Å². The summed E-state index contributed by atoms with van der Waals surface area (Å²) in [6.45, 7) is 4.86. The van der Waals surface area contributed by atoms with Crippen LogP contribution in [-0.4, -0.2) is 68.3 Å². The first kappa shape index (κ1) is 24.1. The normalized spacial score (nSPS) is 16.7. The summed E-state index contributed by atoms with van der Waals surface area (Å²) in [7, 11) is 0. The quantitative estimate of drug-likeness (QED) is 0.693. The van der Waals surface area contributed by atoms with E-state index in [4.69, 9.17) is 10.5 Å². The number of nitrogens with zero attached hydrogens (tertiary/aromatic N) is 2. The van der Waals surface area contributed by atoms with E-state index in [1.165, 1.54) is 0 Å². The van der Waals surface area contributed by atoms with Gasteiger partial charge in [-0.05, 0) is 29.7 Å². The van der Waals surface area contributed by atoms with Gasteiger partial charge in [-0.3, -0.25) is 14.5 Å². The van der Waals surface area contributed by atoms with Gasteiger partial charge in [0.25, 0.3) is 5.91 Å². The highest BCUT2D eigenvalue weighted by Gasteiger charge is 2.37. The van der Waals surface area contributed by atoms with Crippen molar-refractivity contribution in [1.82, 2.24) is 4.90 Å². The molecule has 0 aromatic heterocycles. The number of hydrogen-bond donors (Lipinski definition) is 2.